The van der Waals surface area contributed by atoms with Gasteiger partial charge in [0.2, 0.25) is 0 Å². The molecule has 1 rings (SSSR count). The van der Waals surface area contributed by atoms with Crippen molar-refractivity contribution in [3.63, 3.8) is 0 Å². The Labute approximate surface area is 81.1 Å². The SMILES string of the molecule is CNCCN(C)C(=O)c1cnsn1. The van der Waals surface area contributed by atoms with E-state index in [1.807, 2.05) is 7.05 Å². The summed E-state index contributed by atoms with van der Waals surface area (Å²) in [4.78, 5) is 13.1. The summed E-state index contributed by atoms with van der Waals surface area (Å²) in [5.74, 6) is -0.0796. The molecule has 0 saturated carbocycles. The van der Waals surface area contributed by atoms with Crippen molar-refractivity contribution in [2.75, 3.05) is 27.2 Å². The smallest absolute Gasteiger partial charge is 0.275 e. The van der Waals surface area contributed by atoms with Gasteiger partial charge in [0, 0.05) is 20.1 Å². The Kier molecular flexibility index (Phi) is 3.78. The van der Waals surface area contributed by atoms with E-state index in [-0.39, 0.29) is 5.91 Å². The molecule has 72 valence electrons. The zero-order chi connectivity index (χ0) is 9.68. The largest absolute Gasteiger partial charge is 0.339 e. The highest BCUT2D eigenvalue weighted by Gasteiger charge is 2.12. The number of rotatable bonds is 4. The van der Waals surface area contributed by atoms with Crippen molar-refractivity contribution in [3.05, 3.63) is 11.9 Å². The lowest BCUT2D eigenvalue weighted by Crippen LogP contribution is -2.32. The lowest BCUT2D eigenvalue weighted by atomic mass is 10.4. The summed E-state index contributed by atoms with van der Waals surface area (Å²) in [5, 5.41) is 2.97. The molecule has 0 aliphatic rings. The Morgan fingerprint density at radius 1 is 1.77 bits per heavy atom. The molecule has 0 aliphatic carbocycles. The van der Waals surface area contributed by atoms with E-state index >= 15 is 0 Å². The quantitative estimate of drug-likeness (QED) is 0.733. The molecule has 0 atom stereocenters. The van der Waals surface area contributed by atoms with Crippen LogP contribution in [0.3, 0.4) is 0 Å². The fraction of sp³-hybridized carbons (Fsp3) is 0.571. The number of amides is 1. The number of aromatic nitrogens is 2. The van der Waals surface area contributed by atoms with E-state index in [2.05, 4.69) is 14.1 Å². The van der Waals surface area contributed by atoms with Gasteiger partial charge in [-0.05, 0) is 7.05 Å². The molecule has 1 aromatic heterocycles. The number of carbonyl (C=O) groups excluding carboxylic acids is 1. The molecule has 0 fully saturated rings. The van der Waals surface area contributed by atoms with E-state index in [1.165, 1.54) is 6.20 Å². The topological polar surface area (TPSA) is 58.1 Å². The number of hydrogen-bond donors (Lipinski definition) is 1. The highest BCUT2D eigenvalue weighted by molar-refractivity contribution is 6.99. The molecule has 0 saturated heterocycles. The molecule has 5 nitrogen and oxygen atoms in total. The first-order valence-electron chi connectivity index (χ1n) is 3.93. The van der Waals surface area contributed by atoms with Gasteiger partial charge in [-0.3, -0.25) is 4.79 Å². The lowest BCUT2D eigenvalue weighted by Gasteiger charge is -2.14. The van der Waals surface area contributed by atoms with E-state index in [0.29, 0.717) is 12.2 Å². The fourth-order valence-corrected chi connectivity index (χ4v) is 1.24. The van der Waals surface area contributed by atoms with E-state index in [9.17, 15) is 4.79 Å². The molecule has 6 heteroatoms. The van der Waals surface area contributed by atoms with Gasteiger partial charge in [0.15, 0.2) is 5.69 Å². The van der Waals surface area contributed by atoms with Gasteiger partial charge in [-0.1, -0.05) is 0 Å². The molecule has 0 radical (unpaired) electrons. The molecule has 0 aliphatic heterocycles. The maximum Gasteiger partial charge on any atom is 0.275 e. The zero-order valence-corrected chi connectivity index (χ0v) is 8.47. The highest BCUT2D eigenvalue weighted by atomic mass is 32.1. The third kappa shape index (κ3) is 2.74. The molecular formula is C7H12N4OS. The highest BCUT2D eigenvalue weighted by Crippen LogP contribution is 1.99. The Morgan fingerprint density at radius 3 is 3.08 bits per heavy atom. The van der Waals surface area contributed by atoms with Crippen molar-refractivity contribution in [1.29, 1.82) is 0 Å². The standard InChI is InChI=1S/C7H12N4OS/c1-8-3-4-11(2)7(12)6-5-9-13-10-6/h5,8H,3-4H2,1-2H3. The van der Waals surface area contributed by atoms with Crippen molar-refractivity contribution in [1.82, 2.24) is 19.0 Å². The number of likely N-dealkylation sites (N-methyl/N-ethyl adjacent to an activating group) is 2. The van der Waals surface area contributed by atoms with Gasteiger partial charge in [-0.25, -0.2) is 0 Å². The Morgan fingerprint density at radius 2 is 2.54 bits per heavy atom. The monoisotopic (exact) mass is 200 g/mol. The Balaban J connectivity index is 2.48. The minimum Gasteiger partial charge on any atom is -0.339 e. The van der Waals surface area contributed by atoms with Gasteiger partial charge in [0.25, 0.3) is 5.91 Å². The molecule has 13 heavy (non-hydrogen) atoms. The summed E-state index contributed by atoms with van der Waals surface area (Å²) in [6.07, 6.45) is 1.49. The van der Waals surface area contributed by atoms with Crippen LogP contribution in [0.25, 0.3) is 0 Å². The average Bonchev–Trinajstić information content (AvgIpc) is 2.65. The zero-order valence-electron chi connectivity index (χ0n) is 7.65. The molecule has 0 aromatic carbocycles. The van der Waals surface area contributed by atoms with Crippen molar-refractivity contribution in [2.45, 2.75) is 0 Å². The second-order valence-electron chi connectivity index (χ2n) is 2.62. The first-order chi connectivity index (χ1) is 6.25. The first kappa shape index (κ1) is 10.1. The van der Waals surface area contributed by atoms with Gasteiger partial charge in [0.05, 0.1) is 17.9 Å². The van der Waals surface area contributed by atoms with E-state index < -0.39 is 0 Å². The van der Waals surface area contributed by atoms with Crippen molar-refractivity contribution >= 4 is 17.6 Å². The second kappa shape index (κ2) is 4.88. The van der Waals surface area contributed by atoms with Crippen molar-refractivity contribution < 1.29 is 4.79 Å². The van der Waals surface area contributed by atoms with Crippen molar-refractivity contribution in [3.8, 4) is 0 Å². The van der Waals surface area contributed by atoms with Crippen LogP contribution in [-0.2, 0) is 0 Å². The summed E-state index contributed by atoms with van der Waals surface area (Å²) in [6, 6.07) is 0. The van der Waals surface area contributed by atoms with Crippen LogP contribution >= 0.6 is 11.7 Å². The van der Waals surface area contributed by atoms with E-state index in [1.54, 1.807) is 11.9 Å². The third-order valence-electron chi connectivity index (χ3n) is 1.62. The number of nitrogens with one attached hydrogen (secondary N) is 1. The summed E-state index contributed by atoms with van der Waals surface area (Å²) in [5.41, 5.74) is 0.420. The van der Waals surface area contributed by atoms with Crippen LogP contribution in [0.2, 0.25) is 0 Å². The van der Waals surface area contributed by atoms with Crippen LogP contribution < -0.4 is 5.32 Å². The molecule has 1 heterocycles. The number of hydrogen-bond acceptors (Lipinski definition) is 5. The van der Waals surface area contributed by atoms with Gasteiger partial charge in [-0.2, -0.15) is 8.75 Å². The van der Waals surface area contributed by atoms with Crippen LogP contribution in [0.15, 0.2) is 6.20 Å². The molecule has 0 bridgehead atoms. The molecule has 1 amide bonds. The molecule has 0 unspecified atom stereocenters. The van der Waals surface area contributed by atoms with Gasteiger partial charge in [0.1, 0.15) is 0 Å². The minimum absolute atomic E-state index is 0.0796. The predicted molar refractivity (Wildman–Crippen MR) is 50.8 cm³/mol. The normalized spacial score (nSPS) is 10.0. The first-order valence-corrected chi connectivity index (χ1v) is 4.66. The summed E-state index contributed by atoms with van der Waals surface area (Å²) in [7, 11) is 3.60. The molecule has 1 N–H and O–H groups in total. The summed E-state index contributed by atoms with van der Waals surface area (Å²) in [6.45, 7) is 1.45. The van der Waals surface area contributed by atoms with Gasteiger partial charge >= 0.3 is 0 Å². The van der Waals surface area contributed by atoms with E-state index in [0.717, 1.165) is 18.3 Å². The summed E-state index contributed by atoms with van der Waals surface area (Å²) < 4.78 is 7.64. The van der Waals surface area contributed by atoms with E-state index in [4.69, 9.17) is 0 Å². The number of carbonyl (C=O) groups is 1. The maximum absolute atomic E-state index is 11.5. The fourth-order valence-electron chi connectivity index (χ4n) is 0.835. The van der Waals surface area contributed by atoms with Crippen LogP contribution in [-0.4, -0.2) is 46.7 Å². The Hall–Kier alpha value is -1.01. The van der Waals surface area contributed by atoms with Crippen LogP contribution in [0, 0.1) is 0 Å². The van der Waals surface area contributed by atoms with Gasteiger partial charge < -0.3 is 10.2 Å². The molecule has 0 spiro atoms. The average molecular weight is 200 g/mol. The minimum atomic E-state index is -0.0796. The molecular weight excluding hydrogens is 188 g/mol. The third-order valence-corrected chi connectivity index (χ3v) is 2.10. The van der Waals surface area contributed by atoms with Crippen LogP contribution in [0.5, 0.6) is 0 Å². The van der Waals surface area contributed by atoms with Gasteiger partial charge in [-0.15, -0.1) is 0 Å². The van der Waals surface area contributed by atoms with Crippen LogP contribution in [0.1, 0.15) is 10.5 Å². The van der Waals surface area contributed by atoms with Crippen molar-refractivity contribution in [2.24, 2.45) is 0 Å². The maximum atomic E-state index is 11.5. The number of nitrogens with zero attached hydrogens (tertiary/aromatic N) is 3. The predicted octanol–water partition coefficient (Wildman–Crippen LogP) is -0.170. The summed E-state index contributed by atoms with van der Waals surface area (Å²) >= 11 is 1.05. The lowest BCUT2D eigenvalue weighted by molar-refractivity contribution is 0.0792. The Bertz CT molecular complexity index is 261. The molecule has 1 aromatic rings. The van der Waals surface area contributed by atoms with Crippen LogP contribution in [0.4, 0.5) is 0 Å². The second-order valence-corrected chi connectivity index (χ2v) is 3.18.